The van der Waals surface area contributed by atoms with Crippen molar-refractivity contribution in [2.45, 2.75) is 33.4 Å². The first-order chi connectivity index (χ1) is 15.2. The lowest BCUT2D eigenvalue weighted by molar-refractivity contribution is 0.295. The SMILES string of the molecule is CCN(CC)Cc1ccccc1CNC(=NC)NCCc1ccc(-n2cccn2)cc1. The lowest BCUT2D eigenvalue weighted by atomic mass is 10.1. The van der Waals surface area contributed by atoms with Crippen molar-refractivity contribution in [3.05, 3.63) is 83.7 Å². The Bertz CT molecular complexity index is 927. The van der Waals surface area contributed by atoms with Gasteiger partial charge in [0, 0.05) is 39.1 Å². The van der Waals surface area contributed by atoms with Crippen LogP contribution in [-0.4, -0.2) is 47.3 Å². The fraction of sp³-hybridized carbons (Fsp3) is 0.360. The summed E-state index contributed by atoms with van der Waals surface area (Å²) >= 11 is 0. The molecule has 0 radical (unpaired) electrons. The first-order valence-corrected chi connectivity index (χ1v) is 11.1. The maximum atomic E-state index is 4.38. The van der Waals surface area contributed by atoms with Gasteiger partial charge in [-0.3, -0.25) is 9.89 Å². The van der Waals surface area contributed by atoms with Gasteiger partial charge in [0.25, 0.3) is 0 Å². The molecule has 0 amide bonds. The van der Waals surface area contributed by atoms with Gasteiger partial charge in [0.15, 0.2) is 5.96 Å². The Morgan fingerprint density at radius 1 is 0.968 bits per heavy atom. The third-order valence-corrected chi connectivity index (χ3v) is 5.49. The molecule has 3 aromatic rings. The molecule has 0 unspecified atom stereocenters. The van der Waals surface area contributed by atoms with E-state index in [-0.39, 0.29) is 0 Å². The van der Waals surface area contributed by atoms with Crippen LogP contribution in [-0.2, 0) is 19.5 Å². The number of aliphatic imine (C=N–C) groups is 1. The highest BCUT2D eigenvalue weighted by Gasteiger charge is 2.07. The molecule has 0 bridgehead atoms. The Balaban J connectivity index is 1.48. The van der Waals surface area contributed by atoms with Crippen LogP contribution in [0.2, 0.25) is 0 Å². The second-order valence-electron chi connectivity index (χ2n) is 7.45. The van der Waals surface area contributed by atoms with E-state index < -0.39 is 0 Å². The molecule has 2 N–H and O–H groups in total. The summed E-state index contributed by atoms with van der Waals surface area (Å²) < 4.78 is 1.87. The highest BCUT2D eigenvalue weighted by Crippen LogP contribution is 2.12. The van der Waals surface area contributed by atoms with Crippen molar-refractivity contribution in [3.8, 4) is 5.69 Å². The summed E-state index contributed by atoms with van der Waals surface area (Å²) in [5.41, 5.74) is 5.03. The topological polar surface area (TPSA) is 57.5 Å². The number of hydrogen-bond acceptors (Lipinski definition) is 3. The highest BCUT2D eigenvalue weighted by atomic mass is 15.3. The Kier molecular flexibility index (Phi) is 8.67. The molecule has 6 heteroatoms. The third-order valence-electron chi connectivity index (χ3n) is 5.49. The Morgan fingerprint density at radius 3 is 2.35 bits per heavy atom. The zero-order chi connectivity index (χ0) is 21.9. The molecule has 0 aliphatic rings. The lowest BCUT2D eigenvalue weighted by Gasteiger charge is -2.20. The Hall–Kier alpha value is -3.12. The van der Waals surface area contributed by atoms with Crippen LogP contribution in [0.15, 0.2) is 72.0 Å². The molecule has 1 heterocycles. The second kappa shape index (κ2) is 11.9. The zero-order valence-electron chi connectivity index (χ0n) is 18.9. The van der Waals surface area contributed by atoms with Gasteiger partial charge in [-0.2, -0.15) is 5.10 Å². The standard InChI is InChI=1S/C25H34N6/c1-4-30(5-2)20-23-10-7-6-9-22(23)19-28-25(26-3)27-17-15-21-11-13-24(14-12-21)31-18-8-16-29-31/h6-14,16,18H,4-5,15,17,19-20H2,1-3H3,(H2,26,27,28). The summed E-state index contributed by atoms with van der Waals surface area (Å²) in [5.74, 6) is 0.825. The Morgan fingerprint density at radius 2 is 1.71 bits per heavy atom. The molecule has 0 aliphatic carbocycles. The van der Waals surface area contributed by atoms with Crippen LogP contribution in [0.5, 0.6) is 0 Å². The van der Waals surface area contributed by atoms with Gasteiger partial charge in [0.1, 0.15) is 0 Å². The quantitative estimate of drug-likeness (QED) is 0.390. The Labute approximate surface area is 186 Å². The molecule has 0 saturated carbocycles. The van der Waals surface area contributed by atoms with Gasteiger partial charge in [-0.1, -0.05) is 50.2 Å². The van der Waals surface area contributed by atoms with Crippen LogP contribution in [0.4, 0.5) is 0 Å². The largest absolute Gasteiger partial charge is 0.356 e. The van der Waals surface area contributed by atoms with E-state index in [0.717, 1.165) is 50.8 Å². The van der Waals surface area contributed by atoms with Gasteiger partial charge in [0.05, 0.1) is 5.69 Å². The predicted molar refractivity (Wildman–Crippen MR) is 129 cm³/mol. The van der Waals surface area contributed by atoms with E-state index in [1.54, 1.807) is 6.20 Å². The van der Waals surface area contributed by atoms with Crippen molar-refractivity contribution in [2.24, 2.45) is 4.99 Å². The van der Waals surface area contributed by atoms with E-state index in [9.17, 15) is 0 Å². The molecular formula is C25H34N6. The van der Waals surface area contributed by atoms with E-state index in [4.69, 9.17) is 0 Å². The first-order valence-electron chi connectivity index (χ1n) is 11.1. The molecule has 2 aromatic carbocycles. The first kappa shape index (κ1) is 22.6. The number of nitrogens with one attached hydrogen (secondary N) is 2. The van der Waals surface area contributed by atoms with Gasteiger partial charge in [-0.25, -0.2) is 4.68 Å². The monoisotopic (exact) mass is 418 g/mol. The minimum absolute atomic E-state index is 0.760. The molecule has 0 atom stereocenters. The van der Waals surface area contributed by atoms with E-state index in [1.165, 1.54) is 16.7 Å². The van der Waals surface area contributed by atoms with Gasteiger partial charge in [-0.05, 0) is 54.4 Å². The lowest BCUT2D eigenvalue weighted by Crippen LogP contribution is -2.38. The smallest absolute Gasteiger partial charge is 0.191 e. The molecule has 0 saturated heterocycles. The van der Waals surface area contributed by atoms with Crippen LogP contribution >= 0.6 is 0 Å². The molecule has 164 valence electrons. The number of nitrogens with zero attached hydrogens (tertiary/aromatic N) is 4. The molecule has 0 fully saturated rings. The van der Waals surface area contributed by atoms with Crippen LogP contribution in [0.25, 0.3) is 5.69 Å². The summed E-state index contributed by atoms with van der Waals surface area (Å²) in [5, 5.41) is 11.1. The van der Waals surface area contributed by atoms with E-state index in [0.29, 0.717) is 0 Å². The van der Waals surface area contributed by atoms with Crippen molar-refractivity contribution in [2.75, 3.05) is 26.7 Å². The van der Waals surface area contributed by atoms with Gasteiger partial charge >= 0.3 is 0 Å². The predicted octanol–water partition coefficient (Wildman–Crippen LogP) is 3.62. The van der Waals surface area contributed by atoms with Crippen LogP contribution in [0, 0.1) is 0 Å². The van der Waals surface area contributed by atoms with Crippen molar-refractivity contribution in [1.29, 1.82) is 0 Å². The summed E-state index contributed by atoms with van der Waals surface area (Å²) in [6, 6.07) is 19.1. The molecule has 0 spiro atoms. The number of rotatable bonds is 10. The summed E-state index contributed by atoms with van der Waals surface area (Å²) in [6.07, 6.45) is 4.67. The molecule has 1 aromatic heterocycles. The van der Waals surface area contributed by atoms with Crippen LogP contribution < -0.4 is 10.6 Å². The molecule has 0 aliphatic heterocycles. The maximum absolute atomic E-state index is 4.38. The van der Waals surface area contributed by atoms with Crippen molar-refractivity contribution in [3.63, 3.8) is 0 Å². The van der Waals surface area contributed by atoms with Crippen LogP contribution in [0.3, 0.4) is 0 Å². The summed E-state index contributed by atoms with van der Waals surface area (Å²) in [4.78, 5) is 6.81. The molecule has 31 heavy (non-hydrogen) atoms. The summed E-state index contributed by atoms with van der Waals surface area (Å²) in [7, 11) is 1.82. The normalized spacial score (nSPS) is 11.7. The van der Waals surface area contributed by atoms with E-state index in [1.807, 2.05) is 24.0 Å². The molecule has 6 nitrogen and oxygen atoms in total. The summed E-state index contributed by atoms with van der Waals surface area (Å²) in [6.45, 7) is 9.10. The number of benzene rings is 2. The minimum Gasteiger partial charge on any atom is -0.356 e. The third kappa shape index (κ3) is 6.69. The van der Waals surface area contributed by atoms with Gasteiger partial charge < -0.3 is 10.6 Å². The van der Waals surface area contributed by atoms with E-state index in [2.05, 4.69) is 88.0 Å². The zero-order valence-corrected chi connectivity index (χ0v) is 18.9. The van der Waals surface area contributed by atoms with Gasteiger partial charge in [-0.15, -0.1) is 0 Å². The average Bonchev–Trinajstić information content (AvgIpc) is 3.36. The minimum atomic E-state index is 0.760. The average molecular weight is 419 g/mol. The number of aromatic nitrogens is 2. The maximum Gasteiger partial charge on any atom is 0.191 e. The van der Waals surface area contributed by atoms with Crippen molar-refractivity contribution in [1.82, 2.24) is 25.3 Å². The number of guanidine groups is 1. The fourth-order valence-corrected chi connectivity index (χ4v) is 3.53. The molecular weight excluding hydrogens is 384 g/mol. The fourth-order valence-electron chi connectivity index (χ4n) is 3.53. The van der Waals surface area contributed by atoms with Gasteiger partial charge in [0.2, 0.25) is 0 Å². The number of hydrogen-bond donors (Lipinski definition) is 2. The second-order valence-corrected chi connectivity index (χ2v) is 7.45. The van der Waals surface area contributed by atoms with Crippen LogP contribution in [0.1, 0.15) is 30.5 Å². The van der Waals surface area contributed by atoms with E-state index >= 15 is 0 Å². The highest BCUT2D eigenvalue weighted by molar-refractivity contribution is 5.79. The molecule has 3 rings (SSSR count). The van der Waals surface area contributed by atoms with Crippen molar-refractivity contribution >= 4 is 5.96 Å². The van der Waals surface area contributed by atoms with Crippen molar-refractivity contribution < 1.29 is 0 Å².